The minimum Gasteiger partial charge on any atom is -0.399 e. The zero-order valence-electron chi connectivity index (χ0n) is 12.4. The minimum absolute atomic E-state index is 0.250. The highest BCUT2D eigenvalue weighted by atomic mass is 16.7. The lowest BCUT2D eigenvalue weighted by Crippen LogP contribution is -2.60. The van der Waals surface area contributed by atoms with E-state index in [0.717, 1.165) is 5.56 Å². The Labute approximate surface area is 128 Å². The topological polar surface area (TPSA) is 78.7 Å². The molecule has 0 aromatic heterocycles. The first kappa shape index (κ1) is 15.4. The summed E-state index contributed by atoms with van der Waals surface area (Å²) < 4.78 is 22.5. The maximum atomic E-state index is 10.5. The van der Waals surface area contributed by atoms with Gasteiger partial charge < -0.3 is 28.9 Å². The van der Waals surface area contributed by atoms with Crippen LogP contribution in [-0.2, 0) is 23.8 Å². The highest BCUT2D eigenvalue weighted by Crippen LogP contribution is 2.33. The first-order valence-electron chi connectivity index (χ1n) is 7.04. The molecule has 2 fully saturated rings. The van der Waals surface area contributed by atoms with Crippen molar-refractivity contribution in [3.05, 3.63) is 35.9 Å². The molecule has 2 aliphatic rings. The number of benzene rings is 1. The number of hydrogen-bond acceptors (Lipinski definition) is 7. The number of methoxy groups -OCH3 is 1. The fourth-order valence-corrected chi connectivity index (χ4v) is 2.64. The zero-order valence-corrected chi connectivity index (χ0v) is 12.4. The predicted molar refractivity (Wildman–Crippen MR) is 76.1 cm³/mol. The van der Waals surface area contributed by atoms with Crippen LogP contribution in [0.4, 0.5) is 0 Å². The van der Waals surface area contributed by atoms with E-state index in [0.29, 0.717) is 6.61 Å². The summed E-state index contributed by atoms with van der Waals surface area (Å²) in [7, 11) is 2.87. The maximum Gasteiger partial charge on any atom is 0.203 e. The molecule has 2 saturated heterocycles. The van der Waals surface area contributed by atoms with Gasteiger partial charge in [0, 0.05) is 12.7 Å². The number of aliphatic hydroxyl groups is 1. The molecule has 2 heterocycles. The highest BCUT2D eigenvalue weighted by molar-refractivity contribution is 5.92. The normalized spacial score (nSPS) is 36.9. The van der Waals surface area contributed by atoms with Crippen molar-refractivity contribution in [2.24, 2.45) is 5.16 Å². The molecule has 1 N–H and O–H groups in total. The van der Waals surface area contributed by atoms with Crippen molar-refractivity contribution in [2.75, 3.05) is 20.8 Å². The van der Waals surface area contributed by atoms with Gasteiger partial charge in [0.15, 0.2) is 6.29 Å². The van der Waals surface area contributed by atoms with E-state index >= 15 is 0 Å². The molecule has 7 nitrogen and oxygen atoms in total. The van der Waals surface area contributed by atoms with Crippen LogP contribution >= 0.6 is 0 Å². The minimum atomic E-state index is -0.987. The quantitative estimate of drug-likeness (QED) is 0.834. The molecule has 7 heteroatoms. The first-order chi connectivity index (χ1) is 10.7. The van der Waals surface area contributed by atoms with E-state index in [-0.39, 0.29) is 5.71 Å². The van der Waals surface area contributed by atoms with E-state index in [4.69, 9.17) is 23.8 Å². The molecule has 5 atom stereocenters. The standard InChI is InChI=1S/C15H19NO6/c1-18-15-11(16-19-2)12(17)13-10(21-15)8-20-14(22-13)9-6-4-3-5-7-9/h3-7,10,12-15,17H,8H2,1-2H3/t10-,12-,13-,14-,15+/m1/s1. The van der Waals surface area contributed by atoms with Gasteiger partial charge in [0.2, 0.25) is 6.29 Å². The molecule has 1 aromatic rings. The Hall–Kier alpha value is -1.51. The fraction of sp³-hybridized carbons (Fsp3) is 0.533. The lowest BCUT2D eigenvalue weighted by atomic mass is 9.98. The van der Waals surface area contributed by atoms with E-state index in [1.165, 1.54) is 14.2 Å². The second-order valence-corrected chi connectivity index (χ2v) is 5.06. The fourth-order valence-electron chi connectivity index (χ4n) is 2.64. The van der Waals surface area contributed by atoms with Crippen molar-refractivity contribution >= 4 is 5.71 Å². The van der Waals surface area contributed by atoms with Gasteiger partial charge in [-0.25, -0.2) is 0 Å². The average molecular weight is 309 g/mol. The van der Waals surface area contributed by atoms with Crippen molar-refractivity contribution in [3.8, 4) is 0 Å². The summed E-state index contributed by atoms with van der Waals surface area (Å²) in [5, 5.41) is 14.3. The molecule has 3 rings (SSSR count). The van der Waals surface area contributed by atoms with Gasteiger partial charge in [-0.1, -0.05) is 35.5 Å². The van der Waals surface area contributed by atoms with Gasteiger partial charge in [-0.2, -0.15) is 0 Å². The molecule has 2 aliphatic heterocycles. The monoisotopic (exact) mass is 309 g/mol. The van der Waals surface area contributed by atoms with Gasteiger partial charge in [-0.3, -0.25) is 0 Å². The molecular weight excluding hydrogens is 290 g/mol. The molecule has 0 aliphatic carbocycles. The number of hydrogen-bond donors (Lipinski definition) is 1. The number of aliphatic hydroxyl groups excluding tert-OH is 1. The van der Waals surface area contributed by atoms with E-state index in [2.05, 4.69) is 5.16 Å². The van der Waals surface area contributed by atoms with Crippen LogP contribution in [0.3, 0.4) is 0 Å². The van der Waals surface area contributed by atoms with Gasteiger partial charge in [0.25, 0.3) is 0 Å². The van der Waals surface area contributed by atoms with Crippen molar-refractivity contribution in [2.45, 2.75) is 30.9 Å². The van der Waals surface area contributed by atoms with Crippen LogP contribution in [0.2, 0.25) is 0 Å². The summed E-state index contributed by atoms with van der Waals surface area (Å²) in [6.07, 6.45) is -3.35. The number of ether oxygens (including phenoxy) is 4. The Kier molecular flexibility index (Phi) is 4.70. The summed E-state index contributed by atoms with van der Waals surface area (Å²) in [5.74, 6) is 0. The van der Waals surface area contributed by atoms with Crippen molar-refractivity contribution < 1.29 is 28.9 Å². The average Bonchev–Trinajstić information content (AvgIpc) is 2.58. The smallest absolute Gasteiger partial charge is 0.203 e. The van der Waals surface area contributed by atoms with Gasteiger partial charge >= 0.3 is 0 Å². The van der Waals surface area contributed by atoms with E-state index in [1.54, 1.807) is 0 Å². The zero-order chi connectivity index (χ0) is 15.5. The molecule has 0 unspecified atom stereocenters. The van der Waals surface area contributed by atoms with Crippen LogP contribution in [0.15, 0.2) is 35.5 Å². The molecular formula is C15H19NO6. The first-order valence-corrected chi connectivity index (χ1v) is 7.04. The second kappa shape index (κ2) is 6.72. The molecule has 0 saturated carbocycles. The molecule has 22 heavy (non-hydrogen) atoms. The Morgan fingerprint density at radius 3 is 2.64 bits per heavy atom. The number of rotatable bonds is 3. The molecule has 0 spiro atoms. The van der Waals surface area contributed by atoms with Gasteiger partial charge in [-0.05, 0) is 0 Å². The Balaban J connectivity index is 1.79. The summed E-state index contributed by atoms with van der Waals surface area (Å²) >= 11 is 0. The van der Waals surface area contributed by atoms with Crippen LogP contribution in [0.1, 0.15) is 11.9 Å². The van der Waals surface area contributed by atoms with E-state index in [1.807, 2.05) is 30.3 Å². The third-order valence-corrected chi connectivity index (χ3v) is 3.70. The van der Waals surface area contributed by atoms with Gasteiger partial charge in [-0.15, -0.1) is 0 Å². The summed E-state index contributed by atoms with van der Waals surface area (Å²) in [4.78, 5) is 4.76. The van der Waals surface area contributed by atoms with Crippen molar-refractivity contribution in [1.29, 1.82) is 0 Å². The molecule has 120 valence electrons. The third kappa shape index (κ3) is 2.86. The lowest BCUT2D eigenvalue weighted by Gasteiger charge is -2.44. The van der Waals surface area contributed by atoms with E-state index in [9.17, 15) is 5.11 Å². The predicted octanol–water partition coefficient (Wildman–Crippen LogP) is 0.835. The van der Waals surface area contributed by atoms with E-state index < -0.39 is 30.9 Å². The van der Waals surface area contributed by atoms with Crippen LogP contribution in [0.25, 0.3) is 0 Å². The lowest BCUT2D eigenvalue weighted by molar-refractivity contribution is -0.306. The van der Waals surface area contributed by atoms with Crippen LogP contribution in [0, 0.1) is 0 Å². The molecule has 0 radical (unpaired) electrons. The summed E-state index contributed by atoms with van der Waals surface area (Å²) in [5.41, 5.74) is 1.13. The number of nitrogens with zero attached hydrogens (tertiary/aromatic N) is 1. The molecule has 0 amide bonds. The largest absolute Gasteiger partial charge is 0.399 e. The SMILES string of the molecule is CON=C1[C@@H](OC)O[C@@H]2CO[C@@H](c3ccccc3)O[C@H]2[C@@H]1O. The summed E-state index contributed by atoms with van der Waals surface area (Å²) in [6.45, 7) is 0.293. The Morgan fingerprint density at radius 2 is 1.95 bits per heavy atom. The van der Waals surface area contributed by atoms with Gasteiger partial charge in [0.05, 0.1) is 6.61 Å². The summed E-state index contributed by atoms with van der Waals surface area (Å²) in [6, 6.07) is 9.54. The van der Waals surface area contributed by atoms with Crippen LogP contribution in [-0.4, -0.2) is 56.2 Å². The number of fused-ring (bicyclic) bond motifs is 1. The van der Waals surface area contributed by atoms with Crippen molar-refractivity contribution in [1.82, 2.24) is 0 Å². The Morgan fingerprint density at radius 1 is 1.18 bits per heavy atom. The third-order valence-electron chi connectivity index (χ3n) is 3.70. The Bertz CT molecular complexity index is 522. The van der Waals surface area contributed by atoms with Crippen molar-refractivity contribution in [3.63, 3.8) is 0 Å². The van der Waals surface area contributed by atoms with Crippen LogP contribution in [0.5, 0.6) is 0 Å². The molecule has 1 aromatic carbocycles. The van der Waals surface area contributed by atoms with Gasteiger partial charge in [0.1, 0.15) is 31.1 Å². The highest BCUT2D eigenvalue weighted by Gasteiger charge is 2.48. The molecule has 0 bridgehead atoms. The van der Waals surface area contributed by atoms with Crippen LogP contribution < -0.4 is 0 Å². The second-order valence-electron chi connectivity index (χ2n) is 5.06. The number of oxime groups is 1. The maximum absolute atomic E-state index is 10.5.